The van der Waals surface area contributed by atoms with E-state index in [-0.39, 0.29) is 24.7 Å². The molecule has 5 heteroatoms. The molecule has 4 nitrogen and oxygen atoms in total. The number of esters is 2. The molecule has 122 valence electrons. The van der Waals surface area contributed by atoms with Gasteiger partial charge in [-0.05, 0) is 31.9 Å². The highest BCUT2D eigenvalue weighted by molar-refractivity contribution is 5.79. The molecule has 0 aromatic heterocycles. The second-order valence-electron chi connectivity index (χ2n) is 5.20. The third-order valence-electron chi connectivity index (χ3n) is 3.14. The van der Waals surface area contributed by atoms with Crippen LogP contribution in [0, 0.1) is 5.82 Å². The van der Waals surface area contributed by atoms with Crippen LogP contribution in [0.15, 0.2) is 24.3 Å². The molecule has 22 heavy (non-hydrogen) atoms. The summed E-state index contributed by atoms with van der Waals surface area (Å²) >= 11 is 0. The zero-order valence-electron chi connectivity index (χ0n) is 13.1. The minimum atomic E-state index is -0.652. The van der Waals surface area contributed by atoms with E-state index in [0.717, 1.165) is 25.7 Å². The smallest absolute Gasteiger partial charge is 0.311 e. The Balaban J connectivity index is 2.26. The first-order valence-corrected chi connectivity index (χ1v) is 7.67. The molecule has 0 aliphatic heterocycles. The third-order valence-corrected chi connectivity index (χ3v) is 3.14. The highest BCUT2D eigenvalue weighted by Crippen LogP contribution is 2.16. The van der Waals surface area contributed by atoms with Crippen molar-refractivity contribution >= 4 is 11.9 Å². The Morgan fingerprint density at radius 3 is 2.50 bits per heavy atom. The van der Waals surface area contributed by atoms with Gasteiger partial charge in [-0.2, -0.15) is 0 Å². The maximum Gasteiger partial charge on any atom is 0.311 e. The van der Waals surface area contributed by atoms with Gasteiger partial charge in [0.05, 0.1) is 18.9 Å². The molecule has 1 aromatic carbocycles. The number of hydrogen-bond acceptors (Lipinski definition) is 4. The summed E-state index contributed by atoms with van der Waals surface area (Å²) < 4.78 is 23.4. The van der Waals surface area contributed by atoms with Gasteiger partial charge in [-0.3, -0.25) is 9.59 Å². The quantitative estimate of drug-likeness (QED) is 0.393. The molecule has 0 aliphatic carbocycles. The van der Waals surface area contributed by atoms with Crippen molar-refractivity contribution in [2.75, 3.05) is 0 Å². The fraction of sp³-hybridized carbons (Fsp3) is 0.529. The fourth-order valence-electron chi connectivity index (χ4n) is 1.93. The molecule has 0 amide bonds. The van der Waals surface area contributed by atoms with Gasteiger partial charge in [0.15, 0.2) is 11.6 Å². The molecule has 0 heterocycles. The zero-order chi connectivity index (χ0) is 16.4. The summed E-state index contributed by atoms with van der Waals surface area (Å²) in [5, 5.41) is 0. The Bertz CT molecular complexity index is 487. The normalized spacial score (nSPS) is 11.8. The van der Waals surface area contributed by atoms with Gasteiger partial charge >= 0.3 is 11.9 Å². The number of para-hydroxylation sites is 1. The molecule has 0 N–H and O–H groups in total. The van der Waals surface area contributed by atoms with Crippen LogP contribution in [-0.4, -0.2) is 18.0 Å². The lowest BCUT2D eigenvalue weighted by molar-refractivity contribution is -0.151. The van der Waals surface area contributed by atoms with Crippen molar-refractivity contribution in [2.45, 2.75) is 58.5 Å². The monoisotopic (exact) mass is 310 g/mol. The van der Waals surface area contributed by atoms with E-state index in [1.165, 1.54) is 18.2 Å². The van der Waals surface area contributed by atoms with Crippen molar-refractivity contribution in [3.05, 3.63) is 30.1 Å². The Morgan fingerprint density at radius 2 is 1.82 bits per heavy atom. The van der Waals surface area contributed by atoms with E-state index in [2.05, 4.69) is 6.92 Å². The number of carbonyl (C=O) groups excluding carboxylic acids is 2. The van der Waals surface area contributed by atoms with Gasteiger partial charge in [0.25, 0.3) is 0 Å². The van der Waals surface area contributed by atoms with Crippen molar-refractivity contribution in [2.24, 2.45) is 0 Å². The summed E-state index contributed by atoms with van der Waals surface area (Å²) in [6.07, 6.45) is 3.71. The van der Waals surface area contributed by atoms with Gasteiger partial charge in [0.2, 0.25) is 0 Å². The number of benzene rings is 1. The summed E-state index contributed by atoms with van der Waals surface area (Å²) in [5.74, 6) is -1.83. The summed E-state index contributed by atoms with van der Waals surface area (Å²) in [6, 6.07) is 5.64. The van der Waals surface area contributed by atoms with Crippen LogP contribution in [0.25, 0.3) is 0 Å². The zero-order valence-corrected chi connectivity index (χ0v) is 13.1. The Morgan fingerprint density at radius 1 is 1.14 bits per heavy atom. The molecule has 1 unspecified atom stereocenters. The minimum absolute atomic E-state index is 0.0641. The van der Waals surface area contributed by atoms with Crippen LogP contribution >= 0.6 is 0 Å². The first-order valence-electron chi connectivity index (χ1n) is 7.67. The van der Waals surface area contributed by atoms with Crippen LogP contribution in [0.2, 0.25) is 0 Å². The number of ether oxygens (including phenoxy) is 2. The first-order chi connectivity index (χ1) is 10.5. The predicted octanol–water partition coefficient (Wildman–Crippen LogP) is 4.02. The van der Waals surface area contributed by atoms with Crippen LogP contribution in [0.3, 0.4) is 0 Å². The van der Waals surface area contributed by atoms with Crippen LogP contribution < -0.4 is 4.74 Å². The molecular weight excluding hydrogens is 287 g/mol. The van der Waals surface area contributed by atoms with Crippen LogP contribution in [0.1, 0.15) is 52.4 Å². The number of carbonyl (C=O) groups is 2. The van der Waals surface area contributed by atoms with Gasteiger partial charge in [0.1, 0.15) is 0 Å². The second-order valence-corrected chi connectivity index (χ2v) is 5.20. The van der Waals surface area contributed by atoms with Crippen molar-refractivity contribution in [1.29, 1.82) is 0 Å². The van der Waals surface area contributed by atoms with Crippen LogP contribution in [0.4, 0.5) is 4.39 Å². The van der Waals surface area contributed by atoms with Crippen LogP contribution in [-0.2, 0) is 14.3 Å². The van der Waals surface area contributed by atoms with E-state index in [1.54, 1.807) is 6.07 Å². The second kappa shape index (κ2) is 9.92. The summed E-state index contributed by atoms with van der Waals surface area (Å²) in [6.45, 7) is 3.95. The lowest BCUT2D eigenvalue weighted by Crippen LogP contribution is -2.17. The molecule has 1 aromatic rings. The summed E-state index contributed by atoms with van der Waals surface area (Å²) in [5.41, 5.74) is 0. The fourth-order valence-corrected chi connectivity index (χ4v) is 1.93. The summed E-state index contributed by atoms with van der Waals surface area (Å²) in [4.78, 5) is 23.2. The Labute approximate surface area is 130 Å². The highest BCUT2D eigenvalue weighted by Gasteiger charge is 2.14. The molecule has 0 spiro atoms. The molecule has 0 bridgehead atoms. The predicted molar refractivity (Wildman–Crippen MR) is 81.0 cm³/mol. The third kappa shape index (κ3) is 7.20. The largest absolute Gasteiger partial charge is 0.463 e. The lowest BCUT2D eigenvalue weighted by atomic mass is 10.1. The molecular formula is C17H23FO4. The molecule has 0 radical (unpaired) electrons. The van der Waals surface area contributed by atoms with Crippen molar-refractivity contribution < 1.29 is 23.5 Å². The van der Waals surface area contributed by atoms with Crippen LogP contribution in [0.5, 0.6) is 5.75 Å². The lowest BCUT2D eigenvalue weighted by Gasteiger charge is -2.12. The molecule has 0 saturated heterocycles. The SMILES string of the molecule is CCCCCC(C)OC(=O)CCC(=O)Oc1ccccc1F. The maximum absolute atomic E-state index is 13.3. The maximum atomic E-state index is 13.3. The molecule has 0 fully saturated rings. The van der Waals surface area contributed by atoms with E-state index in [0.29, 0.717) is 0 Å². The first kappa shape index (κ1) is 18.1. The molecule has 0 aliphatic rings. The number of hydrogen-bond donors (Lipinski definition) is 0. The number of halogens is 1. The van der Waals surface area contributed by atoms with Gasteiger partial charge in [-0.15, -0.1) is 0 Å². The van der Waals surface area contributed by atoms with E-state index in [4.69, 9.17) is 9.47 Å². The molecule has 1 atom stereocenters. The highest BCUT2D eigenvalue weighted by atomic mass is 19.1. The average Bonchev–Trinajstić information content (AvgIpc) is 2.48. The van der Waals surface area contributed by atoms with Gasteiger partial charge in [0, 0.05) is 0 Å². The topological polar surface area (TPSA) is 52.6 Å². The molecule has 1 rings (SSSR count). The van der Waals surface area contributed by atoms with E-state index in [9.17, 15) is 14.0 Å². The average molecular weight is 310 g/mol. The van der Waals surface area contributed by atoms with Crippen molar-refractivity contribution in [3.8, 4) is 5.75 Å². The standard InChI is InChI=1S/C17H23FO4/c1-3-4-5-8-13(2)21-16(19)11-12-17(20)22-15-10-7-6-9-14(15)18/h6-7,9-10,13H,3-5,8,11-12H2,1-2H3. The molecule has 0 saturated carbocycles. The van der Waals surface area contributed by atoms with Gasteiger partial charge in [-0.1, -0.05) is 31.9 Å². The Hall–Kier alpha value is -1.91. The van der Waals surface area contributed by atoms with Crippen molar-refractivity contribution in [3.63, 3.8) is 0 Å². The summed E-state index contributed by atoms with van der Waals surface area (Å²) in [7, 11) is 0. The minimum Gasteiger partial charge on any atom is -0.463 e. The van der Waals surface area contributed by atoms with Crippen molar-refractivity contribution in [1.82, 2.24) is 0 Å². The van der Waals surface area contributed by atoms with E-state index in [1.807, 2.05) is 6.92 Å². The van der Waals surface area contributed by atoms with E-state index < -0.39 is 17.8 Å². The number of unbranched alkanes of at least 4 members (excludes halogenated alkanes) is 2. The van der Waals surface area contributed by atoms with Gasteiger partial charge < -0.3 is 9.47 Å². The van der Waals surface area contributed by atoms with E-state index >= 15 is 0 Å². The Kier molecular flexibility index (Phi) is 8.18. The number of rotatable bonds is 9. The van der Waals surface area contributed by atoms with Gasteiger partial charge in [-0.25, -0.2) is 4.39 Å².